The number of hydrogen-bond acceptors (Lipinski definition) is 6. The van der Waals surface area contributed by atoms with Gasteiger partial charge in [0.25, 0.3) is 0 Å². The summed E-state index contributed by atoms with van der Waals surface area (Å²) in [5.41, 5.74) is 10.0. The molecule has 1 aliphatic rings. The maximum absolute atomic E-state index is 14.3. The number of rotatable bonds is 6. The average molecular weight is 461 g/mol. The molecule has 0 saturated heterocycles. The van der Waals surface area contributed by atoms with Crippen LogP contribution in [0.25, 0.3) is 22.1 Å². The van der Waals surface area contributed by atoms with E-state index in [1.54, 1.807) is 13.2 Å². The lowest BCUT2D eigenvalue weighted by molar-refractivity contribution is -0.142. The third kappa shape index (κ3) is 4.22. The Morgan fingerprint density at radius 3 is 2.88 bits per heavy atom. The molecule has 1 atom stereocenters. The van der Waals surface area contributed by atoms with Crippen LogP contribution in [0.15, 0.2) is 65.3 Å². The van der Waals surface area contributed by atoms with Gasteiger partial charge in [-0.1, -0.05) is 12.1 Å². The van der Waals surface area contributed by atoms with Crippen LogP contribution in [0.1, 0.15) is 29.7 Å². The van der Waals surface area contributed by atoms with E-state index in [4.69, 9.17) is 24.4 Å². The number of nitrogens with two attached hydrogens (primary N) is 1. The van der Waals surface area contributed by atoms with Gasteiger partial charge in [0, 0.05) is 23.1 Å². The minimum absolute atomic E-state index is 0.0876. The molecule has 0 radical (unpaired) electrons. The van der Waals surface area contributed by atoms with Crippen molar-refractivity contribution < 1.29 is 27.8 Å². The van der Waals surface area contributed by atoms with Crippen molar-refractivity contribution in [2.24, 2.45) is 5.73 Å². The Kier molecular flexibility index (Phi) is 5.94. The van der Waals surface area contributed by atoms with Crippen molar-refractivity contribution in [1.29, 1.82) is 0 Å². The number of halogens is 1. The molecule has 3 aromatic carbocycles. The molecule has 1 aliphatic heterocycles. The summed E-state index contributed by atoms with van der Waals surface area (Å²) in [6.07, 6.45) is 1.26. The number of carbonyl (C=O) groups is 1. The van der Waals surface area contributed by atoms with Crippen LogP contribution in [0.3, 0.4) is 0 Å². The quantitative estimate of drug-likeness (QED) is 0.392. The summed E-state index contributed by atoms with van der Waals surface area (Å²) in [5.74, 6) is 0.417. The number of furan rings is 1. The number of ether oxygens (including phenoxy) is 3. The first-order valence-electron chi connectivity index (χ1n) is 11.1. The fourth-order valence-electron chi connectivity index (χ4n) is 4.25. The molecule has 0 aliphatic carbocycles. The molecule has 0 saturated carbocycles. The van der Waals surface area contributed by atoms with Crippen LogP contribution >= 0.6 is 0 Å². The Morgan fingerprint density at radius 1 is 1.18 bits per heavy atom. The van der Waals surface area contributed by atoms with Crippen LogP contribution in [0.5, 0.6) is 11.5 Å². The van der Waals surface area contributed by atoms with Crippen LogP contribution < -0.4 is 15.2 Å². The molecule has 2 heterocycles. The zero-order chi connectivity index (χ0) is 23.7. The molecule has 6 nitrogen and oxygen atoms in total. The van der Waals surface area contributed by atoms with Crippen molar-refractivity contribution in [1.82, 2.24) is 0 Å². The molecule has 1 unspecified atom stereocenters. The largest absolute Gasteiger partial charge is 0.485 e. The molecular formula is C27H24FNO5. The summed E-state index contributed by atoms with van der Waals surface area (Å²) in [4.78, 5) is 12.1. The highest BCUT2D eigenvalue weighted by Crippen LogP contribution is 2.41. The fourth-order valence-corrected chi connectivity index (χ4v) is 4.25. The number of benzene rings is 3. The monoisotopic (exact) mass is 461 g/mol. The zero-order valence-corrected chi connectivity index (χ0v) is 18.7. The highest BCUT2D eigenvalue weighted by atomic mass is 19.1. The Bertz CT molecular complexity index is 1360. The first-order chi connectivity index (χ1) is 16.6. The standard InChI is InChI=1S/C27H24FNO5/c1-2-31-25(30)13-17-4-3-5-23-27(17)34-24(15-33-23)20-10-18-6-7-32-26(18)22(12-20)19-8-16(14-29)9-21(28)11-19/h3-12,24H,2,13-15,29H2,1H3. The van der Waals surface area contributed by atoms with E-state index < -0.39 is 6.10 Å². The molecule has 7 heteroatoms. The van der Waals surface area contributed by atoms with Crippen LogP contribution in [0, 0.1) is 5.82 Å². The summed E-state index contributed by atoms with van der Waals surface area (Å²) in [6, 6.07) is 16.0. The van der Waals surface area contributed by atoms with Crippen LogP contribution in [-0.4, -0.2) is 19.2 Å². The number of carbonyl (C=O) groups excluding carboxylic acids is 1. The zero-order valence-electron chi connectivity index (χ0n) is 18.7. The van der Waals surface area contributed by atoms with Gasteiger partial charge >= 0.3 is 5.97 Å². The van der Waals surface area contributed by atoms with E-state index in [0.29, 0.717) is 40.4 Å². The first kappa shape index (κ1) is 22.0. The predicted octanol–water partition coefficient (Wildman–Crippen LogP) is 5.32. The second-order valence-electron chi connectivity index (χ2n) is 8.10. The number of esters is 1. The number of para-hydroxylation sites is 1. The molecule has 0 spiro atoms. The van der Waals surface area contributed by atoms with E-state index in [1.165, 1.54) is 12.1 Å². The van der Waals surface area contributed by atoms with E-state index in [0.717, 1.165) is 16.5 Å². The summed E-state index contributed by atoms with van der Waals surface area (Å²) < 4.78 is 37.4. The highest BCUT2D eigenvalue weighted by molar-refractivity contribution is 5.93. The normalized spacial score (nSPS) is 14.9. The van der Waals surface area contributed by atoms with E-state index >= 15 is 0 Å². The smallest absolute Gasteiger partial charge is 0.310 e. The van der Waals surface area contributed by atoms with Gasteiger partial charge in [-0.15, -0.1) is 0 Å². The van der Waals surface area contributed by atoms with Gasteiger partial charge < -0.3 is 24.4 Å². The molecule has 174 valence electrons. The molecular weight excluding hydrogens is 437 g/mol. The van der Waals surface area contributed by atoms with E-state index in [1.807, 2.05) is 42.5 Å². The van der Waals surface area contributed by atoms with Crippen molar-refractivity contribution in [2.45, 2.75) is 26.0 Å². The molecule has 4 aromatic rings. The van der Waals surface area contributed by atoms with Crippen LogP contribution in [0.4, 0.5) is 4.39 Å². The van der Waals surface area contributed by atoms with E-state index in [2.05, 4.69) is 0 Å². The SMILES string of the molecule is CCOC(=O)Cc1cccc2c1OC(c1cc(-c3cc(F)cc(CN)c3)c3occc3c1)CO2. The molecule has 1 aromatic heterocycles. The van der Waals surface area contributed by atoms with Gasteiger partial charge in [0.15, 0.2) is 17.6 Å². The average Bonchev–Trinajstić information content (AvgIpc) is 3.32. The van der Waals surface area contributed by atoms with Gasteiger partial charge in [-0.05, 0) is 66.1 Å². The van der Waals surface area contributed by atoms with Gasteiger partial charge in [0.05, 0.1) is 19.3 Å². The molecule has 5 rings (SSSR count). The molecule has 0 bridgehead atoms. The molecule has 0 amide bonds. The molecule has 34 heavy (non-hydrogen) atoms. The Balaban J connectivity index is 1.54. The lowest BCUT2D eigenvalue weighted by Gasteiger charge is -2.28. The van der Waals surface area contributed by atoms with Crippen LogP contribution in [-0.2, 0) is 22.5 Å². The molecule has 0 fully saturated rings. The van der Waals surface area contributed by atoms with Crippen molar-refractivity contribution in [3.05, 3.63) is 83.4 Å². The van der Waals surface area contributed by atoms with Crippen molar-refractivity contribution in [3.8, 4) is 22.6 Å². The Labute approximate surface area is 196 Å². The lowest BCUT2D eigenvalue weighted by Crippen LogP contribution is -2.23. The second kappa shape index (κ2) is 9.19. The predicted molar refractivity (Wildman–Crippen MR) is 125 cm³/mol. The van der Waals surface area contributed by atoms with Gasteiger partial charge in [-0.3, -0.25) is 4.79 Å². The van der Waals surface area contributed by atoms with Crippen molar-refractivity contribution >= 4 is 16.9 Å². The van der Waals surface area contributed by atoms with Gasteiger partial charge in [0.2, 0.25) is 0 Å². The molecule has 2 N–H and O–H groups in total. The third-order valence-electron chi connectivity index (χ3n) is 5.80. The Hall–Kier alpha value is -3.84. The maximum Gasteiger partial charge on any atom is 0.310 e. The first-order valence-corrected chi connectivity index (χ1v) is 11.1. The van der Waals surface area contributed by atoms with E-state index in [-0.39, 0.29) is 31.4 Å². The van der Waals surface area contributed by atoms with Gasteiger partial charge in [-0.25, -0.2) is 4.39 Å². The summed E-state index contributed by atoms with van der Waals surface area (Å²) in [6.45, 7) is 2.60. The fraction of sp³-hybridized carbons (Fsp3) is 0.222. The van der Waals surface area contributed by atoms with Crippen molar-refractivity contribution in [3.63, 3.8) is 0 Å². The summed E-state index contributed by atoms with van der Waals surface area (Å²) >= 11 is 0. The maximum atomic E-state index is 14.3. The lowest BCUT2D eigenvalue weighted by atomic mass is 9.96. The minimum atomic E-state index is -0.434. The third-order valence-corrected chi connectivity index (χ3v) is 5.80. The minimum Gasteiger partial charge on any atom is -0.485 e. The van der Waals surface area contributed by atoms with Gasteiger partial charge in [-0.2, -0.15) is 0 Å². The topological polar surface area (TPSA) is 83.9 Å². The van der Waals surface area contributed by atoms with E-state index in [9.17, 15) is 9.18 Å². The highest BCUT2D eigenvalue weighted by Gasteiger charge is 2.27. The van der Waals surface area contributed by atoms with Crippen molar-refractivity contribution in [2.75, 3.05) is 13.2 Å². The van der Waals surface area contributed by atoms with Gasteiger partial charge in [0.1, 0.15) is 18.0 Å². The Morgan fingerprint density at radius 2 is 2.06 bits per heavy atom. The number of fused-ring (bicyclic) bond motifs is 2. The number of hydrogen-bond donors (Lipinski definition) is 1. The second-order valence-corrected chi connectivity index (χ2v) is 8.10. The summed E-state index contributed by atoms with van der Waals surface area (Å²) in [7, 11) is 0. The summed E-state index contributed by atoms with van der Waals surface area (Å²) in [5, 5.41) is 0.861. The van der Waals surface area contributed by atoms with Crippen LogP contribution in [0.2, 0.25) is 0 Å².